The molecule has 0 heterocycles. The molecule has 0 bridgehead atoms. The predicted octanol–water partition coefficient (Wildman–Crippen LogP) is 1.79. The first-order valence-electron chi connectivity index (χ1n) is 5.63. The van der Waals surface area contributed by atoms with Crippen molar-refractivity contribution < 1.29 is 22.7 Å². The minimum absolute atomic E-state index is 0.0559. The molecule has 0 aromatic heterocycles. The molecule has 0 spiro atoms. The maximum atomic E-state index is 11.8. The second-order valence-electron chi connectivity index (χ2n) is 4.19. The van der Waals surface area contributed by atoms with Crippen LogP contribution in [0.2, 0.25) is 0 Å². The van der Waals surface area contributed by atoms with Crippen LogP contribution in [-0.2, 0) is 4.74 Å². The van der Waals surface area contributed by atoms with E-state index in [9.17, 15) is 18.0 Å². The molecular weight excluding hydrogens is 237 g/mol. The molecule has 0 aliphatic heterocycles. The highest BCUT2D eigenvalue weighted by molar-refractivity contribution is 5.67. The summed E-state index contributed by atoms with van der Waals surface area (Å²) in [6.45, 7) is -0.983. The summed E-state index contributed by atoms with van der Waals surface area (Å²) in [7, 11) is 0. The Labute approximate surface area is 97.7 Å². The van der Waals surface area contributed by atoms with Crippen LogP contribution in [-0.4, -0.2) is 31.5 Å². The van der Waals surface area contributed by atoms with Gasteiger partial charge in [0.05, 0.1) is 0 Å². The van der Waals surface area contributed by atoms with Gasteiger partial charge in [-0.1, -0.05) is 6.42 Å². The van der Waals surface area contributed by atoms with Gasteiger partial charge >= 0.3 is 12.3 Å². The highest BCUT2D eigenvalue weighted by atomic mass is 19.4. The summed E-state index contributed by atoms with van der Waals surface area (Å²) >= 11 is 0. The number of nitrogens with one attached hydrogen (secondary N) is 1. The molecule has 4 nitrogen and oxygen atoms in total. The fraction of sp³-hybridized carbons (Fsp3) is 0.900. The van der Waals surface area contributed by atoms with Gasteiger partial charge in [-0.05, 0) is 25.8 Å². The lowest BCUT2D eigenvalue weighted by molar-refractivity contribution is -0.124. The first-order valence-corrected chi connectivity index (χ1v) is 5.63. The molecule has 0 aromatic carbocycles. The summed E-state index contributed by atoms with van der Waals surface area (Å²) in [6.07, 6.45) is -2.34. The zero-order chi connectivity index (χ0) is 12.9. The van der Waals surface area contributed by atoms with E-state index in [1.807, 2.05) is 0 Å². The lowest BCUT2D eigenvalue weighted by Gasteiger charge is -2.30. The van der Waals surface area contributed by atoms with E-state index in [0.717, 1.165) is 19.3 Å². The number of rotatable bonds is 3. The molecule has 2 unspecified atom stereocenters. The zero-order valence-corrected chi connectivity index (χ0v) is 9.43. The Kier molecular flexibility index (Phi) is 5.04. The smallest absolute Gasteiger partial charge is 0.407 e. The van der Waals surface area contributed by atoms with Crippen molar-refractivity contribution in [2.24, 2.45) is 11.7 Å². The van der Waals surface area contributed by atoms with Gasteiger partial charge in [-0.2, -0.15) is 13.2 Å². The fourth-order valence-electron chi connectivity index (χ4n) is 1.95. The largest absolute Gasteiger partial charge is 0.446 e. The van der Waals surface area contributed by atoms with Crippen molar-refractivity contribution in [2.75, 3.05) is 13.1 Å². The monoisotopic (exact) mass is 254 g/mol. The number of hydrogen-bond donors (Lipinski definition) is 2. The summed E-state index contributed by atoms with van der Waals surface area (Å²) in [5.41, 5.74) is 5.52. The molecule has 1 saturated carbocycles. The number of hydrogen-bond acceptors (Lipinski definition) is 3. The van der Waals surface area contributed by atoms with Gasteiger partial charge in [0.15, 0.2) is 0 Å². The Balaban J connectivity index is 2.33. The SMILES string of the molecule is NCC1CCCCC1OC(=O)NCC(F)(F)F. The highest BCUT2D eigenvalue weighted by Gasteiger charge is 2.30. The third-order valence-electron chi connectivity index (χ3n) is 2.83. The second-order valence-corrected chi connectivity index (χ2v) is 4.19. The maximum absolute atomic E-state index is 11.8. The molecule has 1 aliphatic carbocycles. The summed E-state index contributed by atoms with van der Waals surface area (Å²) in [6, 6.07) is 0. The number of ether oxygens (including phenoxy) is 1. The van der Waals surface area contributed by atoms with Crippen LogP contribution in [0.15, 0.2) is 0 Å². The molecule has 17 heavy (non-hydrogen) atoms. The van der Waals surface area contributed by atoms with Gasteiger partial charge in [-0.3, -0.25) is 0 Å². The first kappa shape index (κ1) is 14.1. The Bertz CT molecular complexity index is 258. The van der Waals surface area contributed by atoms with Gasteiger partial charge in [0, 0.05) is 5.92 Å². The minimum Gasteiger partial charge on any atom is -0.446 e. The van der Waals surface area contributed by atoms with Crippen molar-refractivity contribution >= 4 is 6.09 Å². The van der Waals surface area contributed by atoms with Gasteiger partial charge < -0.3 is 15.8 Å². The molecule has 0 saturated heterocycles. The van der Waals surface area contributed by atoms with Crippen molar-refractivity contribution in [3.8, 4) is 0 Å². The number of amides is 1. The third-order valence-corrected chi connectivity index (χ3v) is 2.83. The highest BCUT2D eigenvalue weighted by Crippen LogP contribution is 2.26. The molecule has 0 radical (unpaired) electrons. The minimum atomic E-state index is -4.42. The summed E-state index contributed by atoms with van der Waals surface area (Å²) in [5.74, 6) is 0.0559. The number of nitrogens with two attached hydrogens (primary N) is 1. The van der Waals surface area contributed by atoms with E-state index < -0.39 is 18.8 Å². The van der Waals surface area contributed by atoms with E-state index >= 15 is 0 Å². The molecular formula is C10H17F3N2O2. The first-order chi connectivity index (χ1) is 7.92. The van der Waals surface area contributed by atoms with Crippen molar-refractivity contribution in [3.05, 3.63) is 0 Å². The molecule has 1 aliphatic rings. The van der Waals surface area contributed by atoms with Gasteiger partial charge in [0.25, 0.3) is 0 Å². The van der Waals surface area contributed by atoms with Gasteiger partial charge in [-0.25, -0.2) is 4.79 Å². The van der Waals surface area contributed by atoms with Crippen molar-refractivity contribution in [3.63, 3.8) is 0 Å². The Hall–Kier alpha value is -0.980. The van der Waals surface area contributed by atoms with Gasteiger partial charge in [0.1, 0.15) is 12.6 Å². The number of carbonyl (C=O) groups excluding carboxylic acids is 1. The van der Waals surface area contributed by atoms with Crippen LogP contribution in [0, 0.1) is 5.92 Å². The molecule has 7 heteroatoms. The lowest BCUT2D eigenvalue weighted by Crippen LogP contribution is -2.40. The van der Waals surface area contributed by atoms with Crippen LogP contribution in [0.1, 0.15) is 25.7 Å². The van der Waals surface area contributed by atoms with E-state index in [-0.39, 0.29) is 12.0 Å². The van der Waals surface area contributed by atoms with E-state index in [1.165, 1.54) is 0 Å². The van der Waals surface area contributed by atoms with Crippen LogP contribution in [0.4, 0.5) is 18.0 Å². The number of halogens is 3. The van der Waals surface area contributed by atoms with Crippen molar-refractivity contribution in [2.45, 2.75) is 38.0 Å². The second kappa shape index (κ2) is 6.09. The molecule has 1 amide bonds. The Morgan fingerprint density at radius 2 is 2.00 bits per heavy atom. The van der Waals surface area contributed by atoms with Crippen LogP contribution >= 0.6 is 0 Å². The average Bonchev–Trinajstić information content (AvgIpc) is 2.26. The van der Waals surface area contributed by atoms with E-state index in [2.05, 4.69) is 0 Å². The normalized spacial score (nSPS) is 25.4. The third kappa shape index (κ3) is 5.25. The average molecular weight is 254 g/mol. The summed E-state index contributed by atoms with van der Waals surface area (Å²) in [5, 5.41) is 1.69. The number of carbonyl (C=O) groups is 1. The zero-order valence-electron chi connectivity index (χ0n) is 9.43. The molecule has 1 rings (SSSR count). The van der Waals surface area contributed by atoms with Gasteiger partial charge in [-0.15, -0.1) is 0 Å². The molecule has 1 fully saturated rings. The maximum Gasteiger partial charge on any atom is 0.407 e. The number of alkyl carbamates (subject to hydrolysis) is 1. The fourth-order valence-corrected chi connectivity index (χ4v) is 1.95. The van der Waals surface area contributed by atoms with Crippen LogP contribution in [0.3, 0.4) is 0 Å². The molecule has 0 aromatic rings. The Morgan fingerprint density at radius 3 is 2.59 bits per heavy atom. The van der Waals surface area contributed by atoms with E-state index in [4.69, 9.17) is 10.5 Å². The van der Waals surface area contributed by atoms with Crippen LogP contribution in [0.25, 0.3) is 0 Å². The lowest BCUT2D eigenvalue weighted by atomic mass is 9.86. The van der Waals surface area contributed by atoms with E-state index in [1.54, 1.807) is 5.32 Å². The summed E-state index contributed by atoms with van der Waals surface area (Å²) in [4.78, 5) is 11.1. The topological polar surface area (TPSA) is 64.3 Å². The molecule has 2 atom stereocenters. The van der Waals surface area contributed by atoms with Crippen molar-refractivity contribution in [1.29, 1.82) is 0 Å². The van der Waals surface area contributed by atoms with Gasteiger partial charge in [0.2, 0.25) is 0 Å². The van der Waals surface area contributed by atoms with Crippen LogP contribution < -0.4 is 11.1 Å². The molecule has 100 valence electrons. The standard InChI is InChI=1S/C10H17F3N2O2/c11-10(12,13)6-15-9(16)17-8-4-2-1-3-7(8)5-14/h7-8H,1-6,14H2,(H,15,16). The number of alkyl halides is 3. The van der Waals surface area contributed by atoms with E-state index in [0.29, 0.717) is 13.0 Å². The predicted molar refractivity (Wildman–Crippen MR) is 55.3 cm³/mol. The van der Waals surface area contributed by atoms with Crippen LogP contribution in [0.5, 0.6) is 0 Å². The quantitative estimate of drug-likeness (QED) is 0.807. The molecule has 3 N–H and O–H groups in total. The van der Waals surface area contributed by atoms with Crippen molar-refractivity contribution in [1.82, 2.24) is 5.32 Å². The Morgan fingerprint density at radius 1 is 1.35 bits per heavy atom. The summed E-state index contributed by atoms with van der Waals surface area (Å²) < 4.78 is 40.5.